The maximum atomic E-state index is 10.6. The lowest BCUT2D eigenvalue weighted by atomic mass is 10.1. The molecule has 0 saturated heterocycles. The Labute approximate surface area is 99.2 Å². The van der Waals surface area contributed by atoms with Crippen molar-refractivity contribution in [2.45, 2.75) is 26.2 Å². The average molecular weight is 270 g/mol. The normalized spacial score (nSPS) is 10.0. The zero-order chi connectivity index (χ0) is 11.1. The van der Waals surface area contributed by atoms with Crippen LogP contribution in [0.1, 0.15) is 25.3 Å². The van der Waals surface area contributed by atoms with E-state index in [1.54, 1.807) is 6.92 Å². The molecule has 0 aromatic heterocycles. The van der Waals surface area contributed by atoms with E-state index < -0.39 is 0 Å². The number of carbonyl (C=O) groups is 1. The summed E-state index contributed by atoms with van der Waals surface area (Å²) in [5.74, 6) is 0.0518. The van der Waals surface area contributed by atoms with E-state index >= 15 is 0 Å². The van der Waals surface area contributed by atoms with Gasteiger partial charge >= 0.3 is 0 Å². The predicted molar refractivity (Wildman–Crippen MR) is 65.8 cm³/mol. The number of carbonyl (C=O) groups excluding carboxylic acids is 1. The highest BCUT2D eigenvalue weighted by molar-refractivity contribution is 9.10. The van der Waals surface area contributed by atoms with Crippen molar-refractivity contribution in [2.24, 2.45) is 0 Å². The van der Waals surface area contributed by atoms with Gasteiger partial charge in [0.25, 0.3) is 0 Å². The SMILES string of the molecule is CC(=O)NCCCCc1ccccc1Br. The molecule has 3 heteroatoms. The Morgan fingerprint density at radius 1 is 1.33 bits per heavy atom. The minimum atomic E-state index is 0.0518. The molecule has 0 heterocycles. The number of amides is 1. The first-order chi connectivity index (χ1) is 7.20. The van der Waals surface area contributed by atoms with Crippen LogP contribution in [0.4, 0.5) is 0 Å². The zero-order valence-corrected chi connectivity index (χ0v) is 10.5. The number of rotatable bonds is 5. The van der Waals surface area contributed by atoms with Gasteiger partial charge in [-0.25, -0.2) is 0 Å². The van der Waals surface area contributed by atoms with Gasteiger partial charge in [-0.1, -0.05) is 34.1 Å². The Morgan fingerprint density at radius 2 is 2.07 bits per heavy atom. The van der Waals surface area contributed by atoms with Crippen molar-refractivity contribution in [2.75, 3.05) is 6.54 Å². The van der Waals surface area contributed by atoms with Crippen molar-refractivity contribution in [1.29, 1.82) is 0 Å². The highest BCUT2D eigenvalue weighted by atomic mass is 79.9. The van der Waals surface area contributed by atoms with Gasteiger partial charge in [-0.2, -0.15) is 0 Å². The predicted octanol–water partition coefficient (Wildman–Crippen LogP) is 2.91. The standard InChI is InChI=1S/C12H16BrNO/c1-10(15)14-9-5-4-7-11-6-2-3-8-12(11)13/h2-3,6,8H,4-5,7,9H2,1H3,(H,14,15). The number of hydrogen-bond donors (Lipinski definition) is 1. The van der Waals surface area contributed by atoms with E-state index in [1.807, 2.05) is 12.1 Å². The summed E-state index contributed by atoms with van der Waals surface area (Å²) < 4.78 is 1.17. The first-order valence-corrected chi connectivity index (χ1v) is 5.97. The summed E-state index contributed by atoms with van der Waals surface area (Å²) in [4.78, 5) is 10.6. The fourth-order valence-corrected chi connectivity index (χ4v) is 1.89. The van der Waals surface area contributed by atoms with Gasteiger partial charge < -0.3 is 5.32 Å². The number of aryl methyl sites for hydroxylation is 1. The summed E-state index contributed by atoms with van der Waals surface area (Å²) in [6, 6.07) is 8.25. The van der Waals surface area contributed by atoms with E-state index in [4.69, 9.17) is 0 Å². The summed E-state index contributed by atoms with van der Waals surface area (Å²) >= 11 is 3.52. The Bertz CT molecular complexity index is 325. The third-order valence-corrected chi connectivity index (χ3v) is 2.98. The molecule has 0 unspecified atom stereocenters. The number of nitrogens with one attached hydrogen (secondary N) is 1. The molecule has 1 N–H and O–H groups in total. The van der Waals surface area contributed by atoms with Crippen LogP contribution in [0, 0.1) is 0 Å². The topological polar surface area (TPSA) is 29.1 Å². The van der Waals surface area contributed by atoms with E-state index in [0.717, 1.165) is 25.8 Å². The Kier molecular flexibility index (Phi) is 5.40. The monoisotopic (exact) mass is 269 g/mol. The fraction of sp³-hybridized carbons (Fsp3) is 0.417. The molecule has 0 saturated carbocycles. The van der Waals surface area contributed by atoms with Crippen LogP contribution in [0.2, 0.25) is 0 Å². The summed E-state index contributed by atoms with van der Waals surface area (Å²) in [7, 11) is 0. The maximum Gasteiger partial charge on any atom is 0.216 e. The minimum absolute atomic E-state index is 0.0518. The highest BCUT2D eigenvalue weighted by Gasteiger charge is 1.98. The molecule has 15 heavy (non-hydrogen) atoms. The molecular formula is C12H16BrNO. The fourth-order valence-electron chi connectivity index (χ4n) is 1.41. The van der Waals surface area contributed by atoms with Gasteiger partial charge in [0.15, 0.2) is 0 Å². The molecular weight excluding hydrogens is 254 g/mol. The largest absolute Gasteiger partial charge is 0.356 e. The van der Waals surface area contributed by atoms with Crippen LogP contribution < -0.4 is 5.32 Å². The van der Waals surface area contributed by atoms with Crippen LogP contribution in [0.3, 0.4) is 0 Å². The second-order valence-corrected chi connectivity index (χ2v) is 4.39. The molecule has 0 radical (unpaired) electrons. The molecule has 1 aromatic carbocycles. The third kappa shape index (κ3) is 4.98. The summed E-state index contributed by atoms with van der Waals surface area (Å²) in [5, 5.41) is 2.80. The molecule has 0 bridgehead atoms. The third-order valence-electron chi connectivity index (χ3n) is 2.20. The molecule has 0 aliphatic heterocycles. The van der Waals surface area contributed by atoms with Gasteiger partial charge in [0.1, 0.15) is 0 Å². The molecule has 0 aliphatic carbocycles. The number of unbranched alkanes of at least 4 members (excludes halogenated alkanes) is 1. The van der Waals surface area contributed by atoms with E-state index in [9.17, 15) is 4.79 Å². The molecule has 0 aliphatic rings. The van der Waals surface area contributed by atoms with Crippen LogP contribution in [0.15, 0.2) is 28.7 Å². The molecule has 1 amide bonds. The lowest BCUT2D eigenvalue weighted by Gasteiger charge is -2.04. The summed E-state index contributed by atoms with van der Waals surface area (Å²) in [6.07, 6.45) is 3.19. The lowest BCUT2D eigenvalue weighted by Crippen LogP contribution is -2.20. The molecule has 2 nitrogen and oxygen atoms in total. The number of hydrogen-bond acceptors (Lipinski definition) is 1. The Balaban J connectivity index is 2.21. The van der Waals surface area contributed by atoms with E-state index in [2.05, 4.69) is 33.4 Å². The lowest BCUT2D eigenvalue weighted by molar-refractivity contribution is -0.118. The zero-order valence-electron chi connectivity index (χ0n) is 8.92. The van der Waals surface area contributed by atoms with Gasteiger partial charge in [0.05, 0.1) is 0 Å². The summed E-state index contributed by atoms with van der Waals surface area (Å²) in [5.41, 5.74) is 1.33. The molecule has 0 atom stereocenters. The van der Waals surface area contributed by atoms with E-state index in [0.29, 0.717) is 0 Å². The van der Waals surface area contributed by atoms with Crippen molar-refractivity contribution in [3.05, 3.63) is 34.3 Å². The van der Waals surface area contributed by atoms with Gasteiger partial charge in [-0.05, 0) is 30.9 Å². The molecule has 82 valence electrons. The Morgan fingerprint density at radius 3 is 2.73 bits per heavy atom. The average Bonchev–Trinajstić information content (AvgIpc) is 2.20. The smallest absolute Gasteiger partial charge is 0.216 e. The van der Waals surface area contributed by atoms with Crippen LogP contribution in [0.25, 0.3) is 0 Å². The van der Waals surface area contributed by atoms with Crippen molar-refractivity contribution in [3.8, 4) is 0 Å². The highest BCUT2D eigenvalue weighted by Crippen LogP contribution is 2.17. The van der Waals surface area contributed by atoms with E-state index in [-0.39, 0.29) is 5.91 Å². The number of halogens is 1. The summed E-state index contributed by atoms with van der Waals surface area (Å²) in [6.45, 7) is 2.33. The number of benzene rings is 1. The second-order valence-electron chi connectivity index (χ2n) is 3.53. The quantitative estimate of drug-likeness (QED) is 0.819. The maximum absolute atomic E-state index is 10.6. The molecule has 0 spiro atoms. The van der Waals surface area contributed by atoms with E-state index in [1.165, 1.54) is 10.0 Å². The second kappa shape index (κ2) is 6.62. The van der Waals surface area contributed by atoms with Crippen LogP contribution in [0.5, 0.6) is 0 Å². The van der Waals surface area contributed by atoms with Crippen LogP contribution >= 0.6 is 15.9 Å². The van der Waals surface area contributed by atoms with Crippen molar-refractivity contribution in [3.63, 3.8) is 0 Å². The van der Waals surface area contributed by atoms with Crippen molar-refractivity contribution >= 4 is 21.8 Å². The molecule has 0 fully saturated rings. The van der Waals surface area contributed by atoms with Crippen molar-refractivity contribution in [1.82, 2.24) is 5.32 Å². The van der Waals surface area contributed by atoms with Gasteiger partial charge in [0.2, 0.25) is 5.91 Å². The van der Waals surface area contributed by atoms with Gasteiger partial charge in [0, 0.05) is 17.9 Å². The molecule has 1 rings (SSSR count). The molecule has 1 aromatic rings. The first kappa shape index (κ1) is 12.2. The van der Waals surface area contributed by atoms with Gasteiger partial charge in [-0.3, -0.25) is 4.79 Å². The Hall–Kier alpha value is -0.830. The van der Waals surface area contributed by atoms with Gasteiger partial charge in [-0.15, -0.1) is 0 Å². The minimum Gasteiger partial charge on any atom is -0.356 e. The van der Waals surface area contributed by atoms with Crippen LogP contribution in [-0.4, -0.2) is 12.5 Å². The van der Waals surface area contributed by atoms with Crippen molar-refractivity contribution < 1.29 is 4.79 Å². The first-order valence-electron chi connectivity index (χ1n) is 5.18. The van der Waals surface area contributed by atoms with Crippen LogP contribution in [-0.2, 0) is 11.2 Å².